The Bertz CT molecular complexity index is 1210. The second kappa shape index (κ2) is 7.61. The van der Waals surface area contributed by atoms with Crippen molar-refractivity contribution in [3.05, 3.63) is 70.9 Å². The topological polar surface area (TPSA) is 49.6 Å². The van der Waals surface area contributed by atoms with E-state index < -0.39 is 0 Å². The molecule has 7 heteroatoms. The monoisotopic (exact) mass is 418 g/mol. The highest BCUT2D eigenvalue weighted by Crippen LogP contribution is 2.25. The highest BCUT2D eigenvalue weighted by Gasteiger charge is 2.21. The lowest BCUT2D eigenvalue weighted by Gasteiger charge is -2.37. The molecule has 0 unspecified atom stereocenters. The van der Waals surface area contributed by atoms with Gasteiger partial charge in [0.05, 0.1) is 0 Å². The first kappa shape index (κ1) is 18.9. The van der Waals surface area contributed by atoms with Crippen molar-refractivity contribution in [3.63, 3.8) is 0 Å². The number of hydrogen-bond donors (Lipinski definition) is 0. The van der Waals surface area contributed by atoms with Gasteiger partial charge in [0.25, 0.3) is 5.78 Å². The largest absolute Gasteiger partial charge is 0.368 e. The number of nitrogens with zero attached hydrogens (tertiary/aromatic N) is 6. The number of aryl methyl sites for hydroxylation is 2. The quantitative estimate of drug-likeness (QED) is 0.494. The van der Waals surface area contributed by atoms with Crippen molar-refractivity contribution in [2.24, 2.45) is 0 Å². The van der Waals surface area contributed by atoms with E-state index >= 15 is 0 Å². The highest BCUT2D eigenvalue weighted by atomic mass is 35.5. The third-order valence-electron chi connectivity index (χ3n) is 5.47. The first-order valence-corrected chi connectivity index (χ1v) is 10.5. The lowest BCUT2D eigenvalue weighted by Crippen LogP contribution is -2.47. The molecule has 0 spiro atoms. The molecule has 1 saturated heterocycles. The average Bonchev–Trinajstić information content (AvgIpc) is 3.17. The molecule has 0 bridgehead atoms. The van der Waals surface area contributed by atoms with E-state index in [1.807, 2.05) is 41.8 Å². The summed E-state index contributed by atoms with van der Waals surface area (Å²) in [6.45, 7) is 7.71. The van der Waals surface area contributed by atoms with Crippen LogP contribution in [0.15, 0.2) is 54.6 Å². The van der Waals surface area contributed by atoms with Gasteiger partial charge in [0.15, 0.2) is 5.82 Å². The Labute approximate surface area is 180 Å². The maximum absolute atomic E-state index is 6.17. The fourth-order valence-electron chi connectivity index (χ4n) is 3.97. The molecule has 30 heavy (non-hydrogen) atoms. The summed E-state index contributed by atoms with van der Waals surface area (Å²) in [6.07, 6.45) is 0. The second-order valence-corrected chi connectivity index (χ2v) is 8.16. The number of piperazine rings is 1. The van der Waals surface area contributed by atoms with Gasteiger partial charge in [-0.05, 0) is 38.1 Å². The molecular formula is C23H23ClN6. The Kier molecular flexibility index (Phi) is 4.79. The number of hydrogen-bond acceptors (Lipinski definition) is 5. The van der Waals surface area contributed by atoms with E-state index in [1.54, 1.807) is 0 Å². The number of anilines is 2. The average molecular weight is 419 g/mol. The lowest BCUT2D eigenvalue weighted by molar-refractivity contribution is 0.638. The molecule has 0 N–H and O–H groups in total. The van der Waals surface area contributed by atoms with Gasteiger partial charge in [-0.1, -0.05) is 41.4 Å². The third kappa shape index (κ3) is 3.59. The minimum absolute atomic E-state index is 0.638. The Morgan fingerprint density at radius 3 is 2.37 bits per heavy atom. The zero-order valence-electron chi connectivity index (χ0n) is 17.1. The first-order valence-electron chi connectivity index (χ1n) is 10.1. The summed E-state index contributed by atoms with van der Waals surface area (Å²) in [5, 5.41) is 5.57. The van der Waals surface area contributed by atoms with E-state index in [9.17, 15) is 0 Å². The van der Waals surface area contributed by atoms with Gasteiger partial charge in [-0.25, -0.2) is 4.98 Å². The van der Waals surface area contributed by atoms with Gasteiger partial charge in [-0.15, -0.1) is 5.10 Å². The molecule has 0 atom stereocenters. The maximum Gasteiger partial charge on any atom is 0.254 e. The van der Waals surface area contributed by atoms with Gasteiger partial charge < -0.3 is 9.80 Å². The molecule has 6 nitrogen and oxygen atoms in total. The summed E-state index contributed by atoms with van der Waals surface area (Å²) < 4.78 is 1.87. The molecule has 1 aliphatic rings. The minimum Gasteiger partial charge on any atom is -0.368 e. The number of rotatable bonds is 3. The Hall–Kier alpha value is -3.12. The molecule has 4 aromatic rings. The molecular weight excluding hydrogens is 396 g/mol. The van der Waals surface area contributed by atoms with Crippen LogP contribution in [-0.4, -0.2) is 45.8 Å². The van der Waals surface area contributed by atoms with Crippen LogP contribution in [0, 0.1) is 13.8 Å². The van der Waals surface area contributed by atoms with Crippen LogP contribution in [0.25, 0.3) is 17.2 Å². The van der Waals surface area contributed by atoms with Crippen LogP contribution in [-0.2, 0) is 0 Å². The normalized spacial score (nSPS) is 14.5. The number of halogens is 1. The summed E-state index contributed by atoms with van der Waals surface area (Å²) in [5.74, 6) is 2.38. The van der Waals surface area contributed by atoms with Crippen molar-refractivity contribution in [2.75, 3.05) is 36.0 Å². The summed E-state index contributed by atoms with van der Waals surface area (Å²) >= 11 is 6.17. The molecule has 2 aromatic carbocycles. The Morgan fingerprint density at radius 1 is 0.833 bits per heavy atom. The summed E-state index contributed by atoms with van der Waals surface area (Å²) in [6, 6.07) is 18.4. The molecule has 5 rings (SSSR count). The van der Waals surface area contributed by atoms with E-state index in [0.29, 0.717) is 11.6 Å². The van der Waals surface area contributed by atoms with Crippen molar-refractivity contribution in [3.8, 4) is 11.4 Å². The van der Waals surface area contributed by atoms with Crippen molar-refractivity contribution in [1.29, 1.82) is 0 Å². The maximum atomic E-state index is 6.17. The third-order valence-corrected chi connectivity index (χ3v) is 5.71. The molecule has 0 aliphatic carbocycles. The molecule has 2 aromatic heterocycles. The number of aromatic nitrogens is 4. The van der Waals surface area contributed by atoms with Crippen molar-refractivity contribution in [2.45, 2.75) is 13.8 Å². The van der Waals surface area contributed by atoms with Crippen LogP contribution in [0.1, 0.15) is 11.3 Å². The van der Waals surface area contributed by atoms with Gasteiger partial charge in [-0.3, -0.25) is 0 Å². The standard InChI is InChI=1S/C23H23ClN6/c1-16-5-3-6-18(13-16)22-26-23-25-17(2)14-21(30(23)27-22)29-11-9-28(10-12-29)20-8-4-7-19(24)15-20/h3-8,13-15H,9-12H2,1-2H3. The van der Waals surface area contributed by atoms with E-state index in [0.717, 1.165) is 48.3 Å². The lowest BCUT2D eigenvalue weighted by atomic mass is 10.1. The van der Waals surface area contributed by atoms with Crippen LogP contribution < -0.4 is 9.80 Å². The zero-order valence-corrected chi connectivity index (χ0v) is 17.8. The first-order chi connectivity index (χ1) is 14.6. The molecule has 0 saturated carbocycles. The Balaban J connectivity index is 1.44. The molecule has 0 radical (unpaired) electrons. The van der Waals surface area contributed by atoms with Gasteiger partial charge in [0.1, 0.15) is 5.82 Å². The summed E-state index contributed by atoms with van der Waals surface area (Å²) in [4.78, 5) is 14.0. The predicted octanol–water partition coefficient (Wildman–Crippen LogP) is 4.39. The van der Waals surface area contributed by atoms with E-state index in [1.165, 1.54) is 11.3 Å². The summed E-state index contributed by atoms with van der Waals surface area (Å²) in [7, 11) is 0. The molecule has 1 fully saturated rings. The van der Waals surface area contributed by atoms with Crippen molar-refractivity contribution in [1.82, 2.24) is 19.6 Å². The van der Waals surface area contributed by atoms with Gasteiger partial charge in [0, 0.05) is 54.2 Å². The van der Waals surface area contributed by atoms with Crippen LogP contribution in [0.3, 0.4) is 0 Å². The van der Waals surface area contributed by atoms with Gasteiger partial charge >= 0.3 is 0 Å². The van der Waals surface area contributed by atoms with E-state index in [-0.39, 0.29) is 0 Å². The van der Waals surface area contributed by atoms with Crippen LogP contribution >= 0.6 is 11.6 Å². The smallest absolute Gasteiger partial charge is 0.254 e. The molecule has 3 heterocycles. The summed E-state index contributed by atoms with van der Waals surface area (Å²) in [5.41, 5.74) is 4.31. The molecule has 1 aliphatic heterocycles. The highest BCUT2D eigenvalue weighted by molar-refractivity contribution is 6.30. The predicted molar refractivity (Wildman–Crippen MR) is 122 cm³/mol. The zero-order chi connectivity index (χ0) is 20.7. The van der Waals surface area contributed by atoms with Crippen LogP contribution in [0.5, 0.6) is 0 Å². The van der Waals surface area contributed by atoms with E-state index in [2.05, 4.69) is 46.0 Å². The van der Waals surface area contributed by atoms with Gasteiger partial charge in [0.2, 0.25) is 0 Å². The fraction of sp³-hybridized carbons (Fsp3) is 0.261. The number of fused-ring (bicyclic) bond motifs is 1. The fourth-order valence-corrected chi connectivity index (χ4v) is 4.15. The SMILES string of the molecule is Cc1cccc(-c2nc3nc(C)cc(N4CCN(c5cccc(Cl)c5)CC4)n3n2)c1. The molecule has 0 amide bonds. The van der Waals surface area contributed by atoms with Crippen molar-refractivity contribution >= 4 is 28.9 Å². The van der Waals surface area contributed by atoms with Crippen LogP contribution in [0.2, 0.25) is 5.02 Å². The number of benzene rings is 2. The second-order valence-electron chi connectivity index (χ2n) is 7.73. The molecule has 152 valence electrons. The Morgan fingerprint density at radius 2 is 1.60 bits per heavy atom. The van der Waals surface area contributed by atoms with Gasteiger partial charge in [-0.2, -0.15) is 9.50 Å². The van der Waals surface area contributed by atoms with Crippen molar-refractivity contribution < 1.29 is 0 Å². The minimum atomic E-state index is 0.638. The van der Waals surface area contributed by atoms with Crippen LogP contribution in [0.4, 0.5) is 11.5 Å². The van der Waals surface area contributed by atoms with E-state index in [4.69, 9.17) is 21.7 Å².